The first-order valence-corrected chi connectivity index (χ1v) is 11.7. The number of benzene rings is 1. The average molecular weight is 535 g/mol. The fourth-order valence-electron chi connectivity index (χ4n) is 4.13. The predicted molar refractivity (Wildman–Crippen MR) is 123 cm³/mol. The summed E-state index contributed by atoms with van der Waals surface area (Å²) in [5.74, 6) is -1.78. The second kappa shape index (κ2) is 8.23. The van der Waals surface area contributed by atoms with E-state index in [-0.39, 0.29) is 5.71 Å². The molecule has 1 aromatic rings. The van der Waals surface area contributed by atoms with Crippen LogP contribution in [-0.4, -0.2) is 66.5 Å². The minimum absolute atomic E-state index is 0.128. The number of primary amides is 1. The van der Waals surface area contributed by atoms with Gasteiger partial charge in [0.1, 0.15) is 18.0 Å². The first kappa shape index (κ1) is 23.9. The highest BCUT2D eigenvalue weighted by Crippen LogP contribution is 2.72. The van der Waals surface area contributed by atoms with Crippen molar-refractivity contribution in [3.05, 3.63) is 35.9 Å². The Balaban J connectivity index is 1.49. The van der Waals surface area contributed by atoms with Gasteiger partial charge in [-0.05, 0) is 6.92 Å². The monoisotopic (exact) mass is 533 g/mol. The van der Waals surface area contributed by atoms with Gasteiger partial charge in [0.2, 0.25) is 9.70 Å². The zero-order valence-electron chi connectivity index (χ0n) is 17.0. The normalized spacial score (nSPS) is 30.0. The van der Waals surface area contributed by atoms with Crippen LogP contribution in [0.3, 0.4) is 0 Å². The molecule has 0 spiro atoms. The maximum atomic E-state index is 13.0. The van der Waals surface area contributed by atoms with E-state index in [1.807, 2.05) is 12.3 Å². The Kier molecular flexibility index (Phi) is 5.97. The zero-order valence-corrected chi connectivity index (χ0v) is 20.1. The van der Waals surface area contributed by atoms with Gasteiger partial charge in [-0.3, -0.25) is 9.59 Å². The summed E-state index contributed by atoms with van der Waals surface area (Å²) in [5.41, 5.74) is 6.20. The summed E-state index contributed by atoms with van der Waals surface area (Å²) in [5, 5.41) is 5.94. The molecule has 0 radical (unpaired) electrons. The van der Waals surface area contributed by atoms with Crippen molar-refractivity contribution in [3.63, 3.8) is 0 Å². The van der Waals surface area contributed by atoms with Crippen LogP contribution < -0.4 is 16.5 Å². The number of hydrogen-bond acceptors (Lipinski definition) is 7. The maximum Gasteiger partial charge on any atom is 0.333 e. The summed E-state index contributed by atoms with van der Waals surface area (Å²) in [6.45, 7) is 1.39. The molecule has 4 amide bonds. The number of rotatable bonds is 6. The van der Waals surface area contributed by atoms with E-state index in [0.717, 1.165) is 0 Å². The summed E-state index contributed by atoms with van der Waals surface area (Å²) in [7, 11) is 0. The minimum Gasteiger partial charge on any atom is -0.459 e. The molecule has 1 saturated carbocycles. The number of esters is 1. The molecule has 0 bridgehead atoms. The number of nitrogens with two attached hydrogens (primary N) is 1. The van der Waals surface area contributed by atoms with E-state index in [1.54, 1.807) is 30.3 Å². The molecule has 4 rings (SSSR count). The lowest BCUT2D eigenvalue weighted by Gasteiger charge is -2.46. The molecular formula is C19H18Cl3N5O5S. The van der Waals surface area contributed by atoms with Gasteiger partial charge < -0.3 is 20.7 Å². The lowest BCUT2D eigenvalue weighted by molar-refractivity contribution is -0.166. The number of thioether (sulfide) groups is 1. The van der Waals surface area contributed by atoms with Crippen molar-refractivity contribution < 1.29 is 23.9 Å². The van der Waals surface area contributed by atoms with Gasteiger partial charge in [0.25, 0.3) is 5.91 Å². The highest BCUT2D eigenvalue weighted by Gasteiger charge is 2.85. The van der Waals surface area contributed by atoms with Crippen molar-refractivity contribution in [1.29, 1.82) is 0 Å². The third-order valence-corrected chi connectivity index (χ3v) is 7.76. The van der Waals surface area contributed by atoms with Gasteiger partial charge in [-0.1, -0.05) is 65.1 Å². The third kappa shape index (κ3) is 4.11. The Hall–Kier alpha value is -2.21. The highest BCUT2D eigenvalue weighted by molar-refractivity contribution is 8.02. The van der Waals surface area contributed by atoms with Gasteiger partial charge in [-0.15, -0.1) is 11.8 Å². The summed E-state index contributed by atoms with van der Waals surface area (Å²) in [6, 6.07) is 6.51. The van der Waals surface area contributed by atoms with E-state index in [4.69, 9.17) is 45.3 Å². The van der Waals surface area contributed by atoms with Crippen LogP contribution in [0.5, 0.6) is 0 Å². The Morgan fingerprint density at radius 1 is 1.30 bits per heavy atom. The molecule has 2 saturated heterocycles. The van der Waals surface area contributed by atoms with Crippen LogP contribution in [0.15, 0.2) is 35.4 Å². The van der Waals surface area contributed by atoms with Crippen LogP contribution in [0.4, 0.5) is 4.79 Å². The first-order valence-electron chi connectivity index (χ1n) is 9.64. The van der Waals surface area contributed by atoms with E-state index < -0.39 is 55.9 Å². The van der Waals surface area contributed by atoms with Gasteiger partial charge in [0.15, 0.2) is 11.3 Å². The molecule has 176 valence electrons. The summed E-state index contributed by atoms with van der Waals surface area (Å²) in [6.07, 6.45) is 0.394. The number of carbonyl (C=O) groups excluding carboxylic acids is 4. The van der Waals surface area contributed by atoms with Crippen LogP contribution in [0.25, 0.3) is 0 Å². The van der Waals surface area contributed by atoms with Crippen molar-refractivity contribution in [1.82, 2.24) is 15.6 Å². The Bertz CT molecular complexity index is 1070. The van der Waals surface area contributed by atoms with E-state index >= 15 is 0 Å². The lowest BCUT2D eigenvalue weighted by atomic mass is 10.00. The Morgan fingerprint density at radius 3 is 2.58 bits per heavy atom. The van der Waals surface area contributed by atoms with E-state index in [0.29, 0.717) is 12.0 Å². The largest absolute Gasteiger partial charge is 0.459 e. The lowest BCUT2D eigenvalue weighted by Crippen LogP contribution is -2.72. The zero-order chi connectivity index (χ0) is 24.2. The summed E-state index contributed by atoms with van der Waals surface area (Å²) < 4.78 is 2.81. The number of urea groups is 1. The summed E-state index contributed by atoms with van der Waals surface area (Å²) >= 11 is 18.4. The molecule has 4 atom stereocenters. The molecule has 3 aliphatic rings. The average Bonchev–Trinajstić information content (AvgIpc) is 3.27. The van der Waals surface area contributed by atoms with Crippen LogP contribution in [-0.2, 0) is 19.1 Å². The number of hydrazone groups is 1. The number of fused-ring (bicyclic) bond motifs is 3. The molecule has 33 heavy (non-hydrogen) atoms. The fourth-order valence-corrected chi connectivity index (χ4v) is 6.20. The molecule has 14 heteroatoms. The number of alkyl halides is 3. The number of amides is 4. The van der Waals surface area contributed by atoms with Gasteiger partial charge in [-0.2, -0.15) is 5.10 Å². The number of nitrogens with one attached hydrogen (secondary N) is 2. The SMILES string of the molecule is CC12CC1(C(=O)OCC(Cl)(Cl)Cl)N1C(=O)C(NC(=O)C(=NNC(N)=O)c3ccccc3)[C@@H]1S2. The van der Waals surface area contributed by atoms with Crippen molar-refractivity contribution >= 4 is 76.1 Å². The fraction of sp³-hybridized carbons (Fsp3) is 0.421. The number of nitrogens with zero attached hydrogens (tertiary/aromatic N) is 2. The van der Waals surface area contributed by atoms with Gasteiger partial charge in [0, 0.05) is 12.0 Å². The molecule has 2 heterocycles. The topological polar surface area (TPSA) is 143 Å². The molecule has 1 aromatic carbocycles. The van der Waals surface area contributed by atoms with Crippen molar-refractivity contribution in [2.75, 3.05) is 6.61 Å². The van der Waals surface area contributed by atoms with Crippen molar-refractivity contribution in [3.8, 4) is 0 Å². The smallest absolute Gasteiger partial charge is 0.333 e. The van der Waals surface area contributed by atoms with Gasteiger partial charge >= 0.3 is 12.0 Å². The van der Waals surface area contributed by atoms with Gasteiger partial charge in [-0.25, -0.2) is 15.0 Å². The van der Waals surface area contributed by atoms with Crippen LogP contribution in [0.1, 0.15) is 18.9 Å². The van der Waals surface area contributed by atoms with E-state index in [2.05, 4.69) is 10.4 Å². The van der Waals surface area contributed by atoms with Crippen molar-refractivity contribution in [2.24, 2.45) is 10.8 Å². The molecule has 2 aliphatic heterocycles. The second-order valence-electron chi connectivity index (χ2n) is 7.93. The Morgan fingerprint density at radius 2 is 1.97 bits per heavy atom. The number of hydrogen-bond donors (Lipinski definition) is 3. The molecule has 0 aromatic heterocycles. The molecule has 3 fully saturated rings. The summed E-state index contributed by atoms with van der Waals surface area (Å²) in [4.78, 5) is 51.2. The molecule has 10 nitrogen and oxygen atoms in total. The number of halogens is 3. The molecule has 1 aliphatic carbocycles. The standard InChI is InChI=1S/C19H18Cl3N5O5S/c1-17-7-18(17,15(30)32-8-19(20,21)22)27-13(29)11(14(27)33-17)24-12(28)10(25-26-16(23)31)9-5-3-2-4-6-9/h2-6,11,14H,7-8H2,1H3,(H,24,28)(H3,23,26,31)/t11?,14-,17?,18?/m0/s1. The maximum absolute atomic E-state index is 13.0. The second-order valence-corrected chi connectivity index (χ2v) is 12.1. The van der Waals surface area contributed by atoms with E-state index in [9.17, 15) is 19.2 Å². The van der Waals surface area contributed by atoms with Gasteiger partial charge in [0.05, 0.1) is 4.75 Å². The van der Waals surface area contributed by atoms with E-state index in [1.165, 1.54) is 16.7 Å². The third-order valence-electron chi connectivity index (χ3n) is 5.71. The first-order chi connectivity index (χ1) is 15.4. The van der Waals surface area contributed by atoms with Crippen LogP contribution in [0, 0.1) is 0 Å². The predicted octanol–water partition coefficient (Wildman–Crippen LogP) is 1.27. The minimum atomic E-state index is -1.77. The number of ether oxygens (including phenoxy) is 1. The quantitative estimate of drug-likeness (QED) is 0.165. The van der Waals surface area contributed by atoms with Crippen molar-refractivity contribution in [2.45, 2.75) is 38.8 Å². The molecule has 4 N–H and O–H groups in total. The number of carbonyl (C=O) groups is 4. The molecular weight excluding hydrogens is 517 g/mol. The van der Waals surface area contributed by atoms with Crippen LogP contribution in [0.2, 0.25) is 0 Å². The number of β-lactam (4-membered cyclic amide) rings is 1. The molecule has 3 unspecified atom stereocenters. The highest BCUT2D eigenvalue weighted by atomic mass is 35.6. The Labute approximate surface area is 207 Å². The van der Waals surface area contributed by atoms with Crippen LogP contribution >= 0.6 is 46.6 Å².